The molecule has 0 atom stereocenters. The molecule has 0 radical (unpaired) electrons. The Morgan fingerprint density at radius 3 is 1.56 bits per heavy atom. The van der Waals surface area contributed by atoms with E-state index in [0.717, 1.165) is 17.0 Å². The molecule has 11 nitrogen and oxygen atoms in total. The van der Waals surface area contributed by atoms with Crippen LogP contribution in [0.3, 0.4) is 0 Å². The van der Waals surface area contributed by atoms with E-state index in [1.54, 1.807) is 0 Å². The van der Waals surface area contributed by atoms with E-state index in [9.17, 15) is 36.0 Å². The summed E-state index contributed by atoms with van der Waals surface area (Å²) >= 11 is 0. The van der Waals surface area contributed by atoms with Crippen LogP contribution < -0.4 is 16.0 Å². The summed E-state index contributed by atoms with van der Waals surface area (Å²) in [5.74, 6) is -2.86. The van der Waals surface area contributed by atoms with Gasteiger partial charge in [-0.1, -0.05) is 0 Å². The Morgan fingerprint density at radius 1 is 0.512 bits per heavy atom. The minimum Gasteiger partial charge on any atom is -0.399 e. The number of carbonyl (C=O) groups is 4. The van der Waals surface area contributed by atoms with Crippen molar-refractivity contribution >= 4 is 54.7 Å². The van der Waals surface area contributed by atoms with Crippen LogP contribution in [0.25, 0.3) is 0 Å². The molecule has 2 aliphatic heterocycles. The van der Waals surface area contributed by atoms with Crippen LogP contribution in [0.1, 0.15) is 41.4 Å². The summed E-state index contributed by atoms with van der Waals surface area (Å²) in [6, 6.07) is 17.7. The van der Waals surface area contributed by atoms with E-state index in [1.165, 1.54) is 72.8 Å². The quantitative estimate of drug-likeness (QED) is 0.262. The van der Waals surface area contributed by atoms with Crippen LogP contribution in [-0.4, -0.2) is 40.5 Å². The molecule has 3 N–H and O–H groups in total. The van der Waals surface area contributed by atoms with Gasteiger partial charge in [-0.05, 0) is 84.9 Å². The summed E-state index contributed by atoms with van der Waals surface area (Å²) in [5, 5.41) is 2.09. The Kier molecular flexibility index (Phi) is 5.69. The van der Waals surface area contributed by atoms with E-state index in [0.29, 0.717) is 5.69 Å². The standard InChI is InChI=1S/C28H17N3O8S2/c29-15-1-5-17(6-2-15)40(36,37)18-7-3-16(4-8-18)31-27(34)22-12-10-20(14-24(22)28(31)35)41(38,39)19-9-11-21-23(13-19)26(33)30-25(21)32/h1-14H,29H2,(H,30,32,33). The lowest BCUT2D eigenvalue weighted by atomic mass is 10.1. The molecule has 0 aliphatic carbocycles. The topological polar surface area (TPSA) is 178 Å². The molecular formula is C28H17N3O8S2. The highest BCUT2D eigenvalue weighted by Gasteiger charge is 2.38. The summed E-state index contributed by atoms with van der Waals surface area (Å²) in [6.07, 6.45) is 0. The van der Waals surface area contributed by atoms with Gasteiger partial charge in [0.15, 0.2) is 0 Å². The van der Waals surface area contributed by atoms with Crippen molar-refractivity contribution in [3.05, 3.63) is 107 Å². The number of sulfone groups is 2. The minimum absolute atomic E-state index is 0.0181. The molecule has 0 fully saturated rings. The van der Waals surface area contributed by atoms with Gasteiger partial charge in [0.2, 0.25) is 19.7 Å². The summed E-state index contributed by atoms with van der Waals surface area (Å²) in [7, 11) is -8.13. The highest BCUT2D eigenvalue weighted by atomic mass is 32.2. The Bertz CT molecular complexity index is 2070. The number of carbonyl (C=O) groups excluding carboxylic acids is 4. The van der Waals surface area contributed by atoms with Crippen LogP contribution in [0.2, 0.25) is 0 Å². The highest BCUT2D eigenvalue weighted by Crippen LogP contribution is 2.33. The van der Waals surface area contributed by atoms with Crippen LogP contribution in [0.4, 0.5) is 11.4 Å². The molecule has 2 heterocycles. The summed E-state index contributed by atoms with van der Waals surface area (Å²) in [5.41, 5.74) is 5.88. The van der Waals surface area contributed by atoms with Crippen LogP contribution in [0.15, 0.2) is 105 Å². The fraction of sp³-hybridized carbons (Fsp3) is 0. The number of hydrogen-bond donors (Lipinski definition) is 2. The number of nitrogens with two attached hydrogens (primary N) is 1. The molecule has 41 heavy (non-hydrogen) atoms. The maximum absolute atomic E-state index is 13.3. The zero-order valence-corrected chi connectivity index (χ0v) is 22.3. The summed E-state index contributed by atoms with van der Waals surface area (Å²) < 4.78 is 52.6. The Balaban J connectivity index is 1.31. The van der Waals surface area contributed by atoms with Crippen LogP contribution >= 0.6 is 0 Å². The van der Waals surface area contributed by atoms with Gasteiger partial charge in [0.05, 0.1) is 47.5 Å². The molecule has 2 aliphatic rings. The lowest BCUT2D eigenvalue weighted by Crippen LogP contribution is -2.29. The third-order valence-electron chi connectivity index (χ3n) is 6.78. The second-order valence-electron chi connectivity index (χ2n) is 9.21. The molecular weight excluding hydrogens is 570 g/mol. The van der Waals surface area contributed by atoms with E-state index in [-0.39, 0.29) is 47.5 Å². The van der Waals surface area contributed by atoms with E-state index in [4.69, 9.17) is 5.73 Å². The predicted octanol–water partition coefficient (Wildman–Crippen LogP) is 2.62. The number of nitrogen functional groups attached to an aromatic ring is 1. The van der Waals surface area contributed by atoms with Crippen LogP contribution in [0.5, 0.6) is 0 Å². The fourth-order valence-corrected chi connectivity index (χ4v) is 7.20. The molecule has 4 aromatic rings. The van der Waals surface area contributed by atoms with E-state index >= 15 is 0 Å². The first-order valence-corrected chi connectivity index (χ1v) is 14.8. The largest absolute Gasteiger partial charge is 0.399 e. The SMILES string of the molecule is Nc1ccc(S(=O)(=O)c2ccc(N3C(=O)c4ccc(S(=O)(=O)c5ccc6c(c5)C(=O)NC6=O)cc4C3=O)cc2)cc1. The molecule has 13 heteroatoms. The van der Waals surface area contributed by atoms with Crippen molar-refractivity contribution < 1.29 is 36.0 Å². The zero-order valence-electron chi connectivity index (χ0n) is 20.7. The molecule has 0 saturated heterocycles. The highest BCUT2D eigenvalue weighted by molar-refractivity contribution is 7.91. The maximum atomic E-state index is 13.3. The Labute approximate surface area is 233 Å². The predicted molar refractivity (Wildman–Crippen MR) is 144 cm³/mol. The number of hydrogen-bond acceptors (Lipinski definition) is 9. The Morgan fingerprint density at radius 2 is 0.951 bits per heavy atom. The lowest BCUT2D eigenvalue weighted by molar-refractivity contribution is 0.0874. The van der Waals surface area contributed by atoms with Crippen molar-refractivity contribution in [3.63, 3.8) is 0 Å². The number of anilines is 2. The number of amides is 4. The van der Waals surface area contributed by atoms with Gasteiger partial charge in [0.25, 0.3) is 23.6 Å². The van der Waals surface area contributed by atoms with Crippen molar-refractivity contribution in [2.75, 3.05) is 10.6 Å². The molecule has 4 amide bonds. The van der Waals surface area contributed by atoms with Crippen molar-refractivity contribution in [1.82, 2.24) is 5.32 Å². The third kappa shape index (κ3) is 4.01. The normalized spacial score (nSPS) is 14.7. The van der Waals surface area contributed by atoms with Crippen molar-refractivity contribution in [2.24, 2.45) is 0 Å². The average Bonchev–Trinajstić information content (AvgIpc) is 3.39. The van der Waals surface area contributed by atoms with E-state index in [1.807, 2.05) is 0 Å². The van der Waals surface area contributed by atoms with E-state index < -0.39 is 43.3 Å². The van der Waals surface area contributed by atoms with Gasteiger partial charge in [-0.15, -0.1) is 0 Å². The average molecular weight is 588 g/mol. The molecule has 204 valence electrons. The van der Waals surface area contributed by atoms with Crippen molar-refractivity contribution in [3.8, 4) is 0 Å². The monoisotopic (exact) mass is 587 g/mol. The fourth-order valence-electron chi connectivity index (χ4n) is 4.63. The third-order valence-corrected chi connectivity index (χ3v) is 10.3. The van der Waals surface area contributed by atoms with Crippen LogP contribution in [0, 0.1) is 0 Å². The van der Waals surface area contributed by atoms with Gasteiger partial charge in [-0.25, -0.2) is 21.7 Å². The molecule has 0 saturated carbocycles. The van der Waals surface area contributed by atoms with Gasteiger partial charge in [0.1, 0.15) is 0 Å². The van der Waals surface area contributed by atoms with Gasteiger partial charge in [0, 0.05) is 5.69 Å². The number of rotatable bonds is 5. The number of nitrogens with one attached hydrogen (secondary N) is 1. The summed E-state index contributed by atoms with van der Waals surface area (Å²) in [6.45, 7) is 0. The molecule has 0 unspecified atom stereocenters. The van der Waals surface area contributed by atoms with Crippen LogP contribution in [-0.2, 0) is 19.7 Å². The Hall–Kier alpha value is -5.14. The smallest absolute Gasteiger partial charge is 0.266 e. The first-order valence-electron chi connectivity index (χ1n) is 11.9. The second-order valence-corrected chi connectivity index (χ2v) is 13.1. The number of fused-ring (bicyclic) bond motifs is 2. The minimum atomic E-state index is -4.25. The first-order chi connectivity index (χ1) is 19.4. The van der Waals surface area contributed by atoms with Gasteiger partial charge in [-0.2, -0.15) is 0 Å². The molecule has 0 spiro atoms. The number of benzene rings is 4. The van der Waals surface area contributed by atoms with Crippen molar-refractivity contribution in [2.45, 2.75) is 19.6 Å². The second kappa shape index (κ2) is 8.94. The first kappa shape index (κ1) is 26.1. The maximum Gasteiger partial charge on any atom is 0.266 e. The lowest BCUT2D eigenvalue weighted by Gasteiger charge is -2.14. The van der Waals surface area contributed by atoms with Gasteiger partial charge in [-0.3, -0.25) is 24.5 Å². The van der Waals surface area contributed by atoms with E-state index in [2.05, 4.69) is 5.32 Å². The summed E-state index contributed by atoms with van der Waals surface area (Å²) in [4.78, 5) is 50.4. The molecule has 0 aromatic heterocycles. The molecule has 0 bridgehead atoms. The molecule has 6 rings (SSSR count). The van der Waals surface area contributed by atoms with Gasteiger partial charge < -0.3 is 5.73 Å². The number of imide groups is 2. The zero-order chi connectivity index (χ0) is 29.3. The van der Waals surface area contributed by atoms with Gasteiger partial charge >= 0.3 is 0 Å². The van der Waals surface area contributed by atoms with Crippen molar-refractivity contribution in [1.29, 1.82) is 0 Å². The molecule has 4 aromatic carbocycles. The number of nitrogens with zero attached hydrogens (tertiary/aromatic N) is 1.